The molecule has 132 valence electrons. The van der Waals surface area contributed by atoms with Crippen molar-refractivity contribution < 1.29 is 14.3 Å². The smallest absolute Gasteiger partial charge is 0.363 e. The van der Waals surface area contributed by atoms with Gasteiger partial charge in [0.1, 0.15) is 0 Å². The highest BCUT2D eigenvalue weighted by Gasteiger charge is 2.23. The third-order valence-corrected chi connectivity index (χ3v) is 3.39. The van der Waals surface area contributed by atoms with Crippen LogP contribution in [0.3, 0.4) is 0 Å². The largest absolute Gasteiger partial charge is 0.448 e. The van der Waals surface area contributed by atoms with Crippen molar-refractivity contribution in [3.8, 4) is 5.69 Å². The molecule has 1 aromatic carbocycles. The Kier molecular flexibility index (Phi) is 5.69. The number of nitrogens with one attached hydrogen (secondary N) is 1. The lowest BCUT2D eigenvalue weighted by atomic mass is 10.2. The average molecular weight is 343 g/mol. The molecule has 0 bridgehead atoms. The zero-order chi connectivity index (χ0) is 18.6. The van der Waals surface area contributed by atoms with Crippen molar-refractivity contribution in [2.24, 2.45) is 0 Å². The van der Waals surface area contributed by atoms with Crippen molar-refractivity contribution in [1.82, 2.24) is 15.1 Å². The molecule has 0 saturated carbocycles. The molecule has 1 aromatic heterocycles. The Morgan fingerprint density at radius 3 is 2.40 bits per heavy atom. The Morgan fingerprint density at radius 2 is 1.80 bits per heavy atom. The summed E-state index contributed by atoms with van der Waals surface area (Å²) in [5.74, 6) is -1.36. The topological polar surface area (TPSA) is 90.3 Å². The fourth-order valence-electron chi connectivity index (χ4n) is 2.19. The summed E-state index contributed by atoms with van der Waals surface area (Å²) in [7, 11) is 0. The maximum absolute atomic E-state index is 12.3. The van der Waals surface area contributed by atoms with Gasteiger partial charge >= 0.3 is 5.97 Å². The molecule has 1 atom stereocenters. The van der Waals surface area contributed by atoms with E-state index in [1.807, 2.05) is 18.2 Å². The zero-order valence-corrected chi connectivity index (χ0v) is 14.6. The number of esters is 1. The number of aryl methyl sites for hydroxylation is 1. The van der Waals surface area contributed by atoms with Crippen LogP contribution in [0.15, 0.2) is 41.2 Å². The van der Waals surface area contributed by atoms with Gasteiger partial charge in [0, 0.05) is 17.8 Å². The quantitative estimate of drug-likeness (QED) is 0.833. The first-order valence-corrected chi connectivity index (χ1v) is 7.97. The third kappa shape index (κ3) is 4.53. The minimum absolute atomic E-state index is 0.0820. The minimum Gasteiger partial charge on any atom is -0.448 e. The van der Waals surface area contributed by atoms with Crippen LogP contribution in [0.1, 0.15) is 37.0 Å². The number of amides is 1. The zero-order valence-electron chi connectivity index (χ0n) is 14.6. The molecule has 0 radical (unpaired) electrons. The third-order valence-electron chi connectivity index (χ3n) is 3.39. The Morgan fingerprint density at radius 1 is 1.16 bits per heavy atom. The standard InChI is InChI=1S/C18H21N3O4/c1-11(2)19-17(23)13(4)25-18(24)16-15(22)10-12(3)21(20-16)14-8-6-5-7-9-14/h5-11,13H,1-4H3,(H,19,23)/t13-/m1/s1. The van der Waals surface area contributed by atoms with E-state index in [4.69, 9.17) is 4.74 Å². The molecule has 25 heavy (non-hydrogen) atoms. The van der Waals surface area contributed by atoms with Gasteiger partial charge in [0.2, 0.25) is 11.1 Å². The summed E-state index contributed by atoms with van der Waals surface area (Å²) in [5, 5.41) is 6.75. The van der Waals surface area contributed by atoms with Crippen molar-refractivity contribution in [3.05, 3.63) is 58.0 Å². The number of benzene rings is 1. The van der Waals surface area contributed by atoms with Crippen LogP contribution in [0.25, 0.3) is 5.69 Å². The summed E-state index contributed by atoms with van der Waals surface area (Å²) in [6.07, 6.45) is -1.03. The fraction of sp³-hybridized carbons (Fsp3) is 0.333. The van der Waals surface area contributed by atoms with Crippen LogP contribution in [-0.4, -0.2) is 33.8 Å². The van der Waals surface area contributed by atoms with Gasteiger partial charge in [0.25, 0.3) is 5.91 Å². The van der Waals surface area contributed by atoms with Gasteiger partial charge < -0.3 is 10.1 Å². The highest BCUT2D eigenvalue weighted by molar-refractivity contribution is 5.90. The lowest BCUT2D eigenvalue weighted by Gasteiger charge is -2.15. The van der Waals surface area contributed by atoms with Crippen LogP contribution in [0.5, 0.6) is 0 Å². The molecule has 0 unspecified atom stereocenters. The lowest BCUT2D eigenvalue weighted by molar-refractivity contribution is -0.129. The molecule has 0 spiro atoms. The molecule has 7 heteroatoms. The number of nitrogens with zero attached hydrogens (tertiary/aromatic N) is 2. The maximum Gasteiger partial charge on any atom is 0.363 e. The van der Waals surface area contributed by atoms with Gasteiger partial charge in [-0.1, -0.05) is 18.2 Å². The summed E-state index contributed by atoms with van der Waals surface area (Å²) >= 11 is 0. The summed E-state index contributed by atoms with van der Waals surface area (Å²) in [5.41, 5.74) is 0.378. The molecular formula is C18H21N3O4. The predicted molar refractivity (Wildman–Crippen MR) is 92.7 cm³/mol. The molecular weight excluding hydrogens is 322 g/mol. The Labute approximate surface area is 145 Å². The molecule has 1 heterocycles. The molecule has 2 aromatic rings. The highest BCUT2D eigenvalue weighted by atomic mass is 16.5. The van der Waals surface area contributed by atoms with Crippen molar-refractivity contribution in [3.63, 3.8) is 0 Å². The minimum atomic E-state index is -1.03. The van der Waals surface area contributed by atoms with E-state index in [0.29, 0.717) is 11.4 Å². The maximum atomic E-state index is 12.3. The average Bonchev–Trinajstić information content (AvgIpc) is 2.54. The molecule has 1 amide bonds. The predicted octanol–water partition coefficient (Wildman–Crippen LogP) is 1.61. The molecule has 7 nitrogen and oxygen atoms in total. The van der Waals surface area contributed by atoms with Crippen molar-refractivity contribution in [1.29, 1.82) is 0 Å². The van der Waals surface area contributed by atoms with E-state index in [9.17, 15) is 14.4 Å². The normalized spacial score (nSPS) is 11.9. The van der Waals surface area contributed by atoms with E-state index < -0.39 is 23.4 Å². The van der Waals surface area contributed by atoms with Gasteiger partial charge in [-0.2, -0.15) is 5.10 Å². The summed E-state index contributed by atoms with van der Waals surface area (Å²) < 4.78 is 6.57. The number of carbonyl (C=O) groups is 2. The Bertz CT molecular complexity index is 828. The Hall–Kier alpha value is -2.96. The first-order chi connectivity index (χ1) is 11.8. The van der Waals surface area contributed by atoms with E-state index >= 15 is 0 Å². The van der Waals surface area contributed by atoms with Crippen molar-refractivity contribution >= 4 is 11.9 Å². The molecule has 0 aliphatic carbocycles. The van der Waals surface area contributed by atoms with E-state index in [0.717, 1.165) is 0 Å². The van der Waals surface area contributed by atoms with Crippen molar-refractivity contribution in [2.45, 2.75) is 39.8 Å². The number of aromatic nitrogens is 2. The number of rotatable bonds is 5. The molecule has 2 rings (SSSR count). The summed E-state index contributed by atoms with van der Waals surface area (Å²) in [4.78, 5) is 36.3. The fourth-order valence-corrected chi connectivity index (χ4v) is 2.19. The number of hydrogen-bond donors (Lipinski definition) is 1. The van der Waals surface area contributed by atoms with Crippen LogP contribution in [0.4, 0.5) is 0 Å². The number of para-hydroxylation sites is 1. The first-order valence-electron chi connectivity index (χ1n) is 7.97. The van der Waals surface area contributed by atoms with Gasteiger partial charge in [0.15, 0.2) is 6.10 Å². The molecule has 0 aliphatic rings. The molecule has 0 saturated heterocycles. The van der Waals surface area contributed by atoms with Crippen LogP contribution in [0, 0.1) is 6.92 Å². The van der Waals surface area contributed by atoms with Crippen LogP contribution < -0.4 is 10.7 Å². The van der Waals surface area contributed by atoms with Crippen LogP contribution in [0.2, 0.25) is 0 Å². The van der Waals surface area contributed by atoms with Gasteiger partial charge in [-0.15, -0.1) is 0 Å². The summed E-state index contributed by atoms with van der Waals surface area (Å²) in [6.45, 7) is 6.76. The van der Waals surface area contributed by atoms with Crippen LogP contribution >= 0.6 is 0 Å². The second-order valence-corrected chi connectivity index (χ2v) is 5.96. The number of hydrogen-bond acceptors (Lipinski definition) is 5. The summed E-state index contributed by atoms with van der Waals surface area (Å²) in [6, 6.07) is 10.3. The van der Waals surface area contributed by atoms with Gasteiger partial charge in [-0.25, -0.2) is 9.48 Å². The monoisotopic (exact) mass is 343 g/mol. The second-order valence-electron chi connectivity index (χ2n) is 5.96. The van der Waals surface area contributed by atoms with Gasteiger partial charge in [-0.3, -0.25) is 9.59 Å². The molecule has 1 N–H and O–H groups in total. The van der Waals surface area contributed by atoms with E-state index in [-0.39, 0.29) is 11.7 Å². The van der Waals surface area contributed by atoms with Crippen LogP contribution in [-0.2, 0) is 9.53 Å². The highest BCUT2D eigenvalue weighted by Crippen LogP contribution is 2.08. The Balaban J connectivity index is 2.28. The van der Waals surface area contributed by atoms with Crippen molar-refractivity contribution in [2.75, 3.05) is 0 Å². The number of carbonyl (C=O) groups excluding carboxylic acids is 2. The molecule has 0 aliphatic heterocycles. The lowest BCUT2D eigenvalue weighted by Crippen LogP contribution is -2.40. The van der Waals surface area contributed by atoms with E-state index in [2.05, 4.69) is 10.4 Å². The second kappa shape index (κ2) is 7.74. The SMILES string of the molecule is Cc1cc(=O)c(C(=O)O[C@H](C)C(=O)NC(C)C)nn1-c1ccccc1. The van der Waals surface area contributed by atoms with Gasteiger partial charge in [0.05, 0.1) is 5.69 Å². The van der Waals surface area contributed by atoms with E-state index in [1.54, 1.807) is 32.9 Å². The first kappa shape index (κ1) is 18.4. The molecule has 0 fully saturated rings. The number of ether oxygens (including phenoxy) is 1. The van der Waals surface area contributed by atoms with Gasteiger partial charge in [-0.05, 0) is 39.8 Å². The van der Waals surface area contributed by atoms with E-state index in [1.165, 1.54) is 17.7 Å².